The molecule has 13 heavy (non-hydrogen) atoms. The molecule has 72 valence electrons. The summed E-state index contributed by atoms with van der Waals surface area (Å²) in [5.41, 5.74) is 0. The molecule has 0 radical (unpaired) electrons. The molecule has 0 saturated carbocycles. The standard InChI is InChI=1S/C9H11ClO2S/c1-12-8-3-2-4-9(7-8)13(11)6-5-10/h2-4,7H,5-6H2,1H3. The van der Waals surface area contributed by atoms with Gasteiger partial charge in [0.15, 0.2) is 0 Å². The zero-order valence-corrected chi connectivity index (χ0v) is 8.90. The number of ether oxygens (including phenoxy) is 1. The first kappa shape index (κ1) is 10.5. The van der Waals surface area contributed by atoms with Crippen LogP contribution in [0.5, 0.6) is 5.75 Å². The second-order valence-electron chi connectivity index (χ2n) is 2.42. The fourth-order valence-electron chi connectivity index (χ4n) is 0.931. The van der Waals surface area contributed by atoms with Crippen LogP contribution in [0, 0.1) is 0 Å². The molecule has 1 rings (SSSR count). The molecule has 2 nitrogen and oxygen atoms in total. The van der Waals surface area contributed by atoms with Crippen LogP contribution in [0.2, 0.25) is 0 Å². The zero-order valence-electron chi connectivity index (χ0n) is 7.33. The van der Waals surface area contributed by atoms with Crippen molar-refractivity contribution in [3.05, 3.63) is 24.3 Å². The van der Waals surface area contributed by atoms with Gasteiger partial charge in [-0.15, -0.1) is 11.6 Å². The molecule has 0 aliphatic heterocycles. The van der Waals surface area contributed by atoms with E-state index >= 15 is 0 Å². The van der Waals surface area contributed by atoms with Crippen molar-refractivity contribution >= 4 is 22.4 Å². The third-order valence-corrected chi connectivity index (χ3v) is 3.33. The maximum atomic E-state index is 11.5. The number of benzene rings is 1. The van der Waals surface area contributed by atoms with E-state index in [2.05, 4.69) is 0 Å². The molecular weight excluding hydrogens is 208 g/mol. The first-order chi connectivity index (χ1) is 6.27. The third kappa shape index (κ3) is 3.01. The zero-order chi connectivity index (χ0) is 9.68. The van der Waals surface area contributed by atoms with Gasteiger partial charge in [0.05, 0.1) is 17.9 Å². The predicted molar refractivity (Wildman–Crippen MR) is 55.0 cm³/mol. The van der Waals surface area contributed by atoms with Crippen molar-refractivity contribution in [2.24, 2.45) is 0 Å². The second kappa shape index (κ2) is 5.25. The van der Waals surface area contributed by atoms with Crippen molar-refractivity contribution in [3.8, 4) is 5.75 Å². The number of hydrogen-bond donors (Lipinski definition) is 0. The minimum Gasteiger partial charge on any atom is -0.497 e. The fraction of sp³-hybridized carbons (Fsp3) is 0.333. The van der Waals surface area contributed by atoms with Gasteiger partial charge in [-0.25, -0.2) is 0 Å². The van der Waals surface area contributed by atoms with Crippen molar-refractivity contribution in [1.82, 2.24) is 0 Å². The Hall–Kier alpha value is -0.540. The van der Waals surface area contributed by atoms with Crippen LogP contribution in [-0.4, -0.2) is 23.0 Å². The lowest BCUT2D eigenvalue weighted by atomic mass is 10.3. The maximum absolute atomic E-state index is 11.5. The molecule has 0 bridgehead atoms. The Morgan fingerprint density at radius 2 is 2.31 bits per heavy atom. The lowest BCUT2D eigenvalue weighted by Crippen LogP contribution is -1.99. The van der Waals surface area contributed by atoms with E-state index in [1.807, 2.05) is 18.2 Å². The average molecular weight is 219 g/mol. The van der Waals surface area contributed by atoms with E-state index in [0.29, 0.717) is 11.6 Å². The van der Waals surface area contributed by atoms with Crippen LogP contribution in [0.15, 0.2) is 29.2 Å². The van der Waals surface area contributed by atoms with Crippen LogP contribution >= 0.6 is 11.6 Å². The molecule has 0 aromatic heterocycles. The summed E-state index contributed by atoms with van der Waals surface area (Å²) in [7, 11) is 0.580. The number of halogens is 1. The minimum absolute atomic E-state index is 0.407. The molecule has 4 heteroatoms. The highest BCUT2D eigenvalue weighted by Gasteiger charge is 2.03. The van der Waals surface area contributed by atoms with Crippen LogP contribution in [0.25, 0.3) is 0 Å². The summed E-state index contributed by atoms with van der Waals surface area (Å²) in [6, 6.07) is 7.22. The van der Waals surface area contributed by atoms with E-state index in [1.165, 1.54) is 0 Å². The Morgan fingerprint density at radius 3 is 2.92 bits per heavy atom. The van der Waals surface area contributed by atoms with Gasteiger partial charge in [-0.3, -0.25) is 4.21 Å². The molecule has 0 aliphatic rings. The highest BCUT2D eigenvalue weighted by Crippen LogP contribution is 2.15. The molecule has 1 atom stereocenters. The van der Waals surface area contributed by atoms with Gasteiger partial charge in [-0.1, -0.05) is 6.07 Å². The Labute approximate surface area is 85.3 Å². The summed E-state index contributed by atoms with van der Waals surface area (Å²) >= 11 is 5.50. The molecule has 0 amide bonds. The number of methoxy groups -OCH3 is 1. The summed E-state index contributed by atoms with van der Waals surface area (Å²) in [4.78, 5) is 0.764. The van der Waals surface area contributed by atoms with E-state index in [9.17, 15) is 4.21 Å². The van der Waals surface area contributed by atoms with E-state index in [-0.39, 0.29) is 0 Å². The lowest BCUT2D eigenvalue weighted by Gasteiger charge is -2.02. The van der Waals surface area contributed by atoms with Gasteiger partial charge in [0, 0.05) is 16.5 Å². The SMILES string of the molecule is COc1cccc(S(=O)CCCl)c1. The fourth-order valence-corrected chi connectivity index (χ4v) is 2.20. The monoisotopic (exact) mass is 218 g/mol. The van der Waals surface area contributed by atoms with Gasteiger partial charge in [0.25, 0.3) is 0 Å². The van der Waals surface area contributed by atoms with Gasteiger partial charge in [-0.2, -0.15) is 0 Å². The Bertz CT molecular complexity index is 301. The van der Waals surface area contributed by atoms with Gasteiger partial charge < -0.3 is 4.74 Å². The number of alkyl halides is 1. The minimum atomic E-state index is -1.01. The van der Waals surface area contributed by atoms with Crippen molar-refractivity contribution in [2.75, 3.05) is 18.7 Å². The van der Waals surface area contributed by atoms with E-state index < -0.39 is 10.8 Å². The van der Waals surface area contributed by atoms with Gasteiger partial charge in [0.2, 0.25) is 0 Å². The molecule has 0 aliphatic carbocycles. The number of hydrogen-bond acceptors (Lipinski definition) is 2. The van der Waals surface area contributed by atoms with Crippen molar-refractivity contribution in [1.29, 1.82) is 0 Å². The van der Waals surface area contributed by atoms with Gasteiger partial charge in [-0.05, 0) is 18.2 Å². The molecule has 1 unspecified atom stereocenters. The normalized spacial score (nSPS) is 12.5. The van der Waals surface area contributed by atoms with Gasteiger partial charge in [0.1, 0.15) is 5.75 Å². The topological polar surface area (TPSA) is 26.3 Å². The Balaban J connectivity index is 2.82. The summed E-state index contributed by atoms with van der Waals surface area (Å²) in [6.07, 6.45) is 0. The summed E-state index contributed by atoms with van der Waals surface area (Å²) in [6.45, 7) is 0. The first-order valence-electron chi connectivity index (χ1n) is 3.86. The van der Waals surface area contributed by atoms with E-state index in [0.717, 1.165) is 10.6 Å². The van der Waals surface area contributed by atoms with Crippen LogP contribution in [0.1, 0.15) is 0 Å². The molecule has 1 aromatic rings. The molecule has 0 heterocycles. The first-order valence-corrected chi connectivity index (χ1v) is 5.71. The molecule has 1 aromatic carbocycles. The van der Waals surface area contributed by atoms with Crippen molar-refractivity contribution in [2.45, 2.75) is 4.90 Å². The molecular formula is C9H11ClO2S. The lowest BCUT2D eigenvalue weighted by molar-refractivity contribution is 0.413. The largest absolute Gasteiger partial charge is 0.497 e. The second-order valence-corrected chi connectivity index (χ2v) is 4.37. The van der Waals surface area contributed by atoms with Crippen LogP contribution in [-0.2, 0) is 10.8 Å². The molecule has 0 saturated heterocycles. The third-order valence-electron chi connectivity index (χ3n) is 1.57. The Kier molecular flexibility index (Phi) is 4.25. The summed E-state index contributed by atoms with van der Waals surface area (Å²) in [5.74, 6) is 1.61. The smallest absolute Gasteiger partial charge is 0.120 e. The summed E-state index contributed by atoms with van der Waals surface area (Å²) in [5, 5.41) is 0. The predicted octanol–water partition coefficient (Wildman–Crippen LogP) is 2.04. The maximum Gasteiger partial charge on any atom is 0.120 e. The van der Waals surface area contributed by atoms with Crippen LogP contribution in [0.4, 0.5) is 0 Å². The molecule has 0 fully saturated rings. The van der Waals surface area contributed by atoms with E-state index in [1.54, 1.807) is 13.2 Å². The summed E-state index contributed by atoms with van der Waals surface area (Å²) < 4.78 is 16.5. The quantitative estimate of drug-likeness (QED) is 0.723. The molecule has 0 spiro atoms. The van der Waals surface area contributed by atoms with Crippen molar-refractivity contribution in [3.63, 3.8) is 0 Å². The highest BCUT2D eigenvalue weighted by molar-refractivity contribution is 7.85. The molecule has 0 N–H and O–H groups in total. The van der Waals surface area contributed by atoms with Crippen molar-refractivity contribution < 1.29 is 8.95 Å². The average Bonchev–Trinajstić information content (AvgIpc) is 2.18. The Morgan fingerprint density at radius 1 is 1.54 bits per heavy atom. The van der Waals surface area contributed by atoms with E-state index in [4.69, 9.17) is 16.3 Å². The van der Waals surface area contributed by atoms with Gasteiger partial charge >= 0.3 is 0 Å². The highest BCUT2D eigenvalue weighted by atomic mass is 35.5. The number of rotatable bonds is 4. The van der Waals surface area contributed by atoms with Crippen LogP contribution in [0.3, 0.4) is 0 Å². The van der Waals surface area contributed by atoms with Crippen LogP contribution < -0.4 is 4.74 Å².